The zero-order valence-corrected chi connectivity index (χ0v) is 17.7. The fraction of sp³-hybridized carbons (Fsp3) is 0.300. The smallest absolute Gasteiger partial charge is 0.312 e. The second-order valence-corrected chi connectivity index (χ2v) is 8.37. The van der Waals surface area contributed by atoms with Crippen molar-refractivity contribution in [2.75, 3.05) is 13.2 Å². The van der Waals surface area contributed by atoms with Crippen LogP contribution in [0.2, 0.25) is 0 Å². The highest BCUT2D eigenvalue weighted by atomic mass is 32.1. The fourth-order valence-corrected chi connectivity index (χ4v) is 4.11. The summed E-state index contributed by atoms with van der Waals surface area (Å²) < 4.78 is 10.7. The molecule has 3 aromatic rings. The van der Waals surface area contributed by atoms with Gasteiger partial charge in [0.2, 0.25) is 17.6 Å². The van der Waals surface area contributed by atoms with Gasteiger partial charge in [-0.3, -0.25) is 14.4 Å². The van der Waals surface area contributed by atoms with E-state index in [1.54, 1.807) is 13.0 Å². The van der Waals surface area contributed by atoms with Gasteiger partial charge in [-0.2, -0.15) is 0 Å². The molecule has 3 rings (SSSR count). The molecule has 3 heterocycles. The molecule has 0 aliphatic rings. The van der Waals surface area contributed by atoms with Crippen molar-refractivity contribution in [1.82, 2.24) is 10.3 Å². The lowest BCUT2D eigenvalue weighted by Crippen LogP contribution is -2.22. The van der Waals surface area contributed by atoms with Crippen molar-refractivity contribution in [1.29, 1.82) is 0 Å². The van der Waals surface area contributed by atoms with Crippen LogP contribution in [0.5, 0.6) is 0 Å². The molecule has 0 saturated carbocycles. The van der Waals surface area contributed by atoms with Gasteiger partial charge in [0.25, 0.3) is 0 Å². The van der Waals surface area contributed by atoms with E-state index < -0.39 is 5.97 Å². The number of nitrogens with one attached hydrogen (secondary N) is 1. The number of esters is 1. The van der Waals surface area contributed by atoms with E-state index in [1.165, 1.54) is 29.6 Å². The van der Waals surface area contributed by atoms with E-state index in [-0.39, 0.29) is 24.7 Å². The first kappa shape index (κ1) is 20.9. The van der Waals surface area contributed by atoms with Gasteiger partial charge in [-0.05, 0) is 36.9 Å². The van der Waals surface area contributed by atoms with Gasteiger partial charge in [0, 0.05) is 18.3 Å². The molecule has 0 saturated heterocycles. The predicted molar refractivity (Wildman–Crippen MR) is 110 cm³/mol. The number of ketones is 1. The van der Waals surface area contributed by atoms with Gasteiger partial charge in [0.1, 0.15) is 5.76 Å². The molecule has 29 heavy (non-hydrogen) atoms. The lowest BCUT2D eigenvalue weighted by Gasteiger charge is -2.02. The molecule has 7 nitrogen and oxygen atoms in total. The number of amides is 1. The average Bonchev–Trinajstić information content (AvgIpc) is 3.41. The Balaban J connectivity index is 1.49. The summed E-state index contributed by atoms with van der Waals surface area (Å²) in [6.07, 6.45) is 0.593. The van der Waals surface area contributed by atoms with E-state index in [0.29, 0.717) is 35.2 Å². The number of oxazole rings is 1. The third-order valence-corrected chi connectivity index (χ3v) is 6.03. The van der Waals surface area contributed by atoms with Gasteiger partial charge in [-0.15, -0.1) is 22.7 Å². The maximum atomic E-state index is 12.3. The Labute approximate surface area is 175 Å². The highest BCUT2D eigenvalue weighted by Crippen LogP contribution is 2.26. The summed E-state index contributed by atoms with van der Waals surface area (Å²) in [5, 5.41) is 4.63. The summed E-state index contributed by atoms with van der Waals surface area (Å²) in [5.41, 5.74) is 0.502. The molecule has 152 valence electrons. The van der Waals surface area contributed by atoms with Gasteiger partial charge >= 0.3 is 5.97 Å². The number of hydrogen-bond acceptors (Lipinski definition) is 8. The Kier molecular flexibility index (Phi) is 6.95. The van der Waals surface area contributed by atoms with Crippen molar-refractivity contribution >= 4 is 40.3 Å². The van der Waals surface area contributed by atoms with Crippen LogP contribution in [-0.2, 0) is 27.2 Å². The Hall–Kier alpha value is -2.78. The van der Waals surface area contributed by atoms with E-state index in [2.05, 4.69) is 10.3 Å². The number of aromatic nitrogens is 1. The Morgan fingerprint density at radius 1 is 1.24 bits per heavy atom. The molecule has 0 unspecified atom stereocenters. The van der Waals surface area contributed by atoms with Crippen molar-refractivity contribution in [3.63, 3.8) is 0 Å². The summed E-state index contributed by atoms with van der Waals surface area (Å²) in [6, 6.07) is 7.34. The summed E-state index contributed by atoms with van der Waals surface area (Å²) in [7, 11) is 0. The average molecular weight is 433 g/mol. The van der Waals surface area contributed by atoms with Crippen LogP contribution in [0.25, 0.3) is 10.8 Å². The molecule has 9 heteroatoms. The quantitative estimate of drug-likeness (QED) is 0.411. The Morgan fingerprint density at radius 3 is 2.79 bits per heavy atom. The number of aryl methyl sites for hydroxylation is 1. The van der Waals surface area contributed by atoms with Crippen molar-refractivity contribution in [3.05, 3.63) is 50.9 Å². The molecular weight excluding hydrogens is 412 g/mol. The van der Waals surface area contributed by atoms with Crippen LogP contribution in [0.3, 0.4) is 0 Å². The van der Waals surface area contributed by atoms with E-state index >= 15 is 0 Å². The summed E-state index contributed by atoms with van der Waals surface area (Å²) in [4.78, 5) is 42.0. The SMILES string of the molecule is CC(=O)NCCc1ccc(C(=O)COC(=O)Cc2nc(-c3cccs3)oc2C)s1. The zero-order chi connectivity index (χ0) is 20.8. The first-order valence-corrected chi connectivity index (χ1v) is 10.6. The number of Topliss-reactive ketones (excluding diaryl/α,β-unsaturated/α-hetero) is 1. The number of rotatable bonds is 9. The molecule has 0 bridgehead atoms. The summed E-state index contributed by atoms with van der Waals surface area (Å²) >= 11 is 2.83. The first-order chi connectivity index (χ1) is 13.9. The van der Waals surface area contributed by atoms with E-state index in [1.807, 2.05) is 23.6 Å². The third-order valence-electron chi connectivity index (χ3n) is 3.98. The fourth-order valence-electron chi connectivity index (χ4n) is 2.53. The second-order valence-electron chi connectivity index (χ2n) is 6.26. The molecule has 0 aliphatic carbocycles. The van der Waals surface area contributed by atoms with Crippen molar-refractivity contribution < 1.29 is 23.5 Å². The van der Waals surface area contributed by atoms with Gasteiger partial charge in [0.05, 0.1) is 21.9 Å². The highest BCUT2D eigenvalue weighted by molar-refractivity contribution is 7.14. The monoisotopic (exact) mass is 432 g/mol. The van der Waals surface area contributed by atoms with Gasteiger partial charge < -0.3 is 14.5 Å². The van der Waals surface area contributed by atoms with E-state index in [9.17, 15) is 14.4 Å². The maximum Gasteiger partial charge on any atom is 0.312 e. The van der Waals surface area contributed by atoms with Crippen LogP contribution < -0.4 is 5.32 Å². The van der Waals surface area contributed by atoms with Crippen LogP contribution >= 0.6 is 22.7 Å². The topological polar surface area (TPSA) is 98.5 Å². The zero-order valence-electron chi connectivity index (χ0n) is 16.0. The molecule has 1 amide bonds. The van der Waals surface area contributed by atoms with Gasteiger partial charge in [-0.25, -0.2) is 4.98 Å². The minimum absolute atomic E-state index is 0.0552. The van der Waals surface area contributed by atoms with Crippen LogP contribution in [0.1, 0.15) is 32.9 Å². The number of thiophene rings is 2. The van der Waals surface area contributed by atoms with E-state index in [0.717, 1.165) is 9.75 Å². The molecular formula is C20H20N2O5S2. The lowest BCUT2D eigenvalue weighted by atomic mass is 10.3. The minimum Gasteiger partial charge on any atom is -0.457 e. The summed E-state index contributed by atoms with van der Waals surface area (Å²) in [5.74, 6) is 0.148. The minimum atomic E-state index is -0.532. The molecule has 0 atom stereocenters. The Bertz CT molecular complexity index is 1000. The third kappa shape index (κ3) is 5.85. The second kappa shape index (κ2) is 9.62. The van der Waals surface area contributed by atoms with Crippen LogP contribution in [0.15, 0.2) is 34.1 Å². The molecule has 0 aliphatic heterocycles. The lowest BCUT2D eigenvalue weighted by molar-refractivity contribution is -0.141. The molecule has 0 spiro atoms. The number of ether oxygens (including phenoxy) is 1. The summed E-state index contributed by atoms with van der Waals surface area (Å²) in [6.45, 7) is 3.40. The highest BCUT2D eigenvalue weighted by Gasteiger charge is 2.18. The van der Waals surface area contributed by atoms with Gasteiger partial charge in [0.15, 0.2) is 6.61 Å². The predicted octanol–water partition coefficient (Wildman–Crippen LogP) is 3.42. The van der Waals surface area contributed by atoms with Crippen molar-refractivity contribution in [2.24, 2.45) is 0 Å². The number of nitrogens with zero attached hydrogens (tertiary/aromatic N) is 1. The molecule has 1 N–H and O–H groups in total. The molecule has 0 fully saturated rings. The maximum absolute atomic E-state index is 12.3. The van der Waals surface area contributed by atoms with Crippen LogP contribution in [0, 0.1) is 6.92 Å². The molecule has 0 radical (unpaired) electrons. The normalized spacial score (nSPS) is 10.7. The number of carbonyl (C=O) groups is 3. The van der Waals surface area contributed by atoms with Crippen molar-refractivity contribution in [3.8, 4) is 10.8 Å². The first-order valence-electron chi connectivity index (χ1n) is 8.94. The number of hydrogen-bond donors (Lipinski definition) is 1. The molecule has 0 aromatic carbocycles. The molecule has 3 aromatic heterocycles. The van der Waals surface area contributed by atoms with Crippen molar-refractivity contribution in [2.45, 2.75) is 26.7 Å². The standard InChI is InChI=1S/C20H20N2O5S2/c1-12-15(22-20(27-12)18-4-3-9-28-18)10-19(25)26-11-16(24)17-6-5-14(29-17)7-8-21-13(2)23/h3-6,9H,7-8,10-11H2,1-2H3,(H,21,23). The van der Waals surface area contributed by atoms with E-state index in [4.69, 9.17) is 9.15 Å². The van der Waals surface area contributed by atoms with Crippen LogP contribution in [-0.4, -0.2) is 35.8 Å². The van der Waals surface area contributed by atoms with Crippen LogP contribution in [0.4, 0.5) is 0 Å². The number of carbonyl (C=O) groups excluding carboxylic acids is 3. The van der Waals surface area contributed by atoms with Gasteiger partial charge in [-0.1, -0.05) is 6.07 Å². The Morgan fingerprint density at radius 2 is 2.07 bits per heavy atom. The largest absolute Gasteiger partial charge is 0.457 e.